The third kappa shape index (κ3) is 2.31. The molecule has 0 spiro atoms. The van der Waals surface area contributed by atoms with Crippen molar-refractivity contribution >= 4 is 34.7 Å². The Kier molecular flexibility index (Phi) is 3.53. The van der Waals surface area contributed by atoms with Crippen LogP contribution in [0.25, 0.3) is 0 Å². The number of nitrogens with zero attached hydrogens (tertiary/aromatic N) is 1. The summed E-state index contributed by atoms with van der Waals surface area (Å²) in [5.41, 5.74) is 6.61. The van der Waals surface area contributed by atoms with Gasteiger partial charge in [-0.1, -0.05) is 19.1 Å². The van der Waals surface area contributed by atoms with Gasteiger partial charge in [0, 0.05) is 17.9 Å². The van der Waals surface area contributed by atoms with Crippen molar-refractivity contribution in [1.29, 1.82) is 0 Å². The first kappa shape index (κ1) is 13.5. The molecule has 19 heavy (non-hydrogen) atoms. The number of amides is 2. The number of anilines is 1. The van der Waals surface area contributed by atoms with Crippen molar-refractivity contribution in [2.24, 2.45) is 11.7 Å². The Labute approximate surface area is 116 Å². The maximum Gasteiger partial charge on any atom is 0.237 e. The van der Waals surface area contributed by atoms with Gasteiger partial charge in [0.1, 0.15) is 10.7 Å². The first-order chi connectivity index (χ1) is 8.95. The second-order valence-corrected chi connectivity index (χ2v) is 4.86. The van der Waals surface area contributed by atoms with Crippen molar-refractivity contribution in [3.05, 3.63) is 23.8 Å². The summed E-state index contributed by atoms with van der Waals surface area (Å²) >= 11 is 4.89. The molecule has 0 aliphatic carbocycles. The molecule has 5 nitrogen and oxygen atoms in total. The van der Waals surface area contributed by atoms with Crippen LogP contribution in [0.3, 0.4) is 0 Å². The van der Waals surface area contributed by atoms with Gasteiger partial charge in [-0.15, -0.1) is 0 Å². The topological polar surface area (TPSA) is 72.6 Å². The highest BCUT2D eigenvalue weighted by atomic mass is 32.1. The molecule has 1 heterocycles. The standard InChI is InChI=1S/C13H14N2O3S/c1-7-5-11(16)15(13(7)17)9-4-3-8(12(14)19)6-10(9)18-2/h3-4,6-7H,5H2,1-2H3,(H2,14,19). The highest BCUT2D eigenvalue weighted by molar-refractivity contribution is 7.80. The molecule has 0 bridgehead atoms. The lowest BCUT2D eigenvalue weighted by molar-refractivity contribution is -0.122. The Balaban J connectivity index is 2.48. The molecule has 1 aromatic rings. The zero-order chi connectivity index (χ0) is 14.2. The number of carbonyl (C=O) groups excluding carboxylic acids is 2. The molecule has 2 amide bonds. The van der Waals surface area contributed by atoms with Crippen LogP contribution in [0.5, 0.6) is 5.75 Å². The van der Waals surface area contributed by atoms with Crippen molar-refractivity contribution in [3.8, 4) is 5.75 Å². The maximum absolute atomic E-state index is 12.0. The summed E-state index contributed by atoms with van der Waals surface area (Å²) in [7, 11) is 1.47. The number of ether oxygens (including phenoxy) is 1. The summed E-state index contributed by atoms with van der Waals surface area (Å²) in [4.78, 5) is 25.3. The Hall–Kier alpha value is -1.95. The Morgan fingerprint density at radius 2 is 2.16 bits per heavy atom. The van der Waals surface area contributed by atoms with E-state index in [4.69, 9.17) is 22.7 Å². The quantitative estimate of drug-likeness (QED) is 0.665. The van der Waals surface area contributed by atoms with E-state index in [1.54, 1.807) is 25.1 Å². The lowest BCUT2D eigenvalue weighted by Gasteiger charge is -2.18. The average molecular weight is 278 g/mol. The van der Waals surface area contributed by atoms with Crippen LogP contribution in [0.2, 0.25) is 0 Å². The molecule has 0 aromatic heterocycles. The van der Waals surface area contributed by atoms with E-state index in [1.165, 1.54) is 7.11 Å². The molecular formula is C13H14N2O3S. The van der Waals surface area contributed by atoms with Crippen LogP contribution < -0.4 is 15.4 Å². The van der Waals surface area contributed by atoms with E-state index >= 15 is 0 Å². The molecule has 1 aromatic carbocycles. The van der Waals surface area contributed by atoms with E-state index in [1.807, 2.05) is 0 Å². The van der Waals surface area contributed by atoms with Crippen molar-refractivity contribution in [2.45, 2.75) is 13.3 Å². The number of hydrogen-bond acceptors (Lipinski definition) is 4. The Morgan fingerprint density at radius 3 is 2.63 bits per heavy atom. The van der Waals surface area contributed by atoms with Crippen LogP contribution >= 0.6 is 12.2 Å². The minimum absolute atomic E-state index is 0.216. The number of thiocarbonyl (C=S) groups is 1. The summed E-state index contributed by atoms with van der Waals surface area (Å²) in [6, 6.07) is 4.92. The first-order valence-electron chi connectivity index (χ1n) is 5.80. The monoisotopic (exact) mass is 278 g/mol. The summed E-state index contributed by atoms with van der Waals surface area (Å²) in [5.74, 6) is -0.334. The highest BCUT2D eigenvalue weighted by Crippen LogP contribution is 2.34. The van der Waals surface area contributed by atoms with Crippen molar-refractivity contribution in [3.63, 3.8) is 0 Å². The predicted octanol–water partition coefficient (Wildman–Crippen LogP) is 1.23. The van der Waals surface area contributed by atoms with Gasteiger partial charge in [-0.05, 0) is 18.2 Å². The van der Waals surface area contributed by atoms with Crippen molar-refractivity contribution < 1.29 is 14.3 Å². The molecule has 1 aliphatic rings. The summed E-state index contributed by atoms with van der Waals surface area (Å²) < 4.78 is 5.22. The minimum Gasteiger partial charge on any atom is -0.495 e. The van der Waals surface area contributed by atoms with Gasteiger partial charge >= 0.3 is 0 Å². The predicted molar refractivity (Wildman–Crippen MR) is 75.2 cm³/mol. The van der Waals surface area contributed by atoms with Crippen LogP contribution in [0, 0.1) is 5.92 Å². The lowest BCUT2D eigenvalue weighted by Crippen LogP contribution is -2.30. The van der Waals surface area contributed by atoms with E-state index in [-0.39, 0.29) is 29.1 Å². The summed E-state index contributed by atoms with van der Waals surface area (Å²) in [6.45, 7) is 1.73. The fraction of sp³-hybridized carbons (Fsp3) is 0.308. The van der Waals surface area contributed by atoms with Crippen LogP contribution in [0.1, 0.15) is 18.9 Å². The van der Waals surface area contributed by atoms with Gasteiger partial charge in [-0.3, -0.25) is 9.59 Å². The maximum atomic E-state index is 12.0. The smallest absolute Gasteiger partial charge is 0.237 e. The number of carbonyl (C=O) groups is 2. The zero-order valence-electron chi connectivity index (χ0n) is 10.7. The largest absolute Gasteiger partial charge is 0.495 e. The number of benzene rings is 1. The molecular weight excluding hydrogens is 264 g/mol. The number of rotatable bonds is 3. The van der Waals surface area contributed by atoms with E-state index in [9.17, 15) is 9.59 Å². The molecule has 1 saturated heterocycles. The Morgan fingerprint density at radius 1 is 1.47 bits per heavy atom. The van der Waals surface area contributed by atoms with Crippen LogP contribution in [0.15, 0.2) is 18.2 Å². The third-order valence-corrected chi connectivity index (χ3v) is 3.31. The van der Waals surface area contributed by atoms with Gasteiger partial charge in [0.2, 0.25) is 11.8 Å². The number of hydrogen-bond donors (Lipinski definition) is 1. The molecule has 0 radical (unpaired) electrons. The normalized spacial score (nSPS) is 18.8. The molecule has 6 heteroatoms. The summed E-state index contributed by atoms with van der Waals surface area (Å²) in [6.07, 6.45) is 0.221. The SMILES string of the molecule is COc1cc(C(N)=S)ccc1N1C(=O)CC(C)C1=O. The molecule has 2 N–H and O–H groups in total. The van der Waals surface area contributed by atoms with Crippen molar-refractivity contribution in [2.75, 3.05) is 12.0 Å². The molecule has 1 fully saturated rings. The van der Waals surface area contributed by atoms with Crippen molar-refractivity contribution in [1.82, 2.24) is 0 Å². The summed E-state index contributed by atoms with van der Waals surface area (Å²) in [5, 5.41) is 0. The van der Waals surface area contributed by atoms with Gasteiger partial charge < -0.3 is 10.5 Å². The fourth-order valence-electron chi connectivity index (χ4n) is 2.05. The van der Waals surface area contributed by atoms with Gasteiger partial charge in [0.15, 0.2) is 0 Å². The van der Waals surface area contributed by atoms with E-state index < -0.39 is 0 Å². The van der Waals surface area contributed by atoms with Gasteiger partial charge in [0.25, 0.3) is 0 Å². The highest BCUT2D eigenvalue weighted by Gasteiger charge is 2.38. The lowest BCUT2D eigenvalue weighted by atomic mass is 10.1. The number of nitrogens with two attached hydrogens (primary N) is 1. The molecule has 2 rings (SSSR count). The van der Waals surface area contributed by atoms with Crippen LogP contribution in [-0.4, -0.2) is 23.9 Å². The van der Waals surface area contributed by atoms with Gasteiger partial charge in [0.05, 0.1) is 12.8 Å². The first-order valence-corrected chi connectivity index (χ1v) is 6.21. The van der Waals surface area contributed by atoms with E-state index in [0.717, 1.165) is 4.90 Å². The minimum atomic E-state index is -0.299. The number of methoxy groups -OCH3 is 1. The van der Waals surface area contributed by atoms with E-state index in [2.05, 4.69) is 0 Å². The third-order valence-electron chi connectivity index (χ3n) is 3.08. The molecule has 100 valence electrons. The second kappa shape index (κ2) is 4.97. The average Bonchev–Trinajstić information content (AvgIpc) is 2.62. The molecule has 1 atom stereocenters. The fourth-order valence-corrected chi connectivity index (χ4v) is 2.18. The Bertz CT molecular complexity index is 571. The zero-order valence-corrected chi connectivity index (χ0v) is 11.5. The van der Waals surface area contributed by atoms with E-state index in [0.29, 0.717) is 17.0 Å². The van der Waals surface area contributed by atoms with Gasteiger partial charge in [-0.2, -0.15) is 0 Å². The molecule has 1 aliphatic heterocycles. The second-order valence-electron chi connectivity index (χ2n) is 4.42. The van der Waals surface area contributed by atoms with Crippen LogP contribution in [0.4, 0.5) is 5.69 Å². The molecule has 0 saturated carbocycles. The molecule has 1 unspecified atom stereocenters. The number of imide groups is 1. The van der Waals surface area contributed by atoms with Crippen LogP contribution in [-0.2, 0) is 9.59 Å². The van der Waals surface area contributed by atoms with Gasteiger partial charge in [-0.25, -0.2) is 4.90 Å².